The summed E-state index contributed by atoms with van der Waals surface area (Å²) in [5, 5.41) is 10.3. The Morgan fingerprint density at radius 3 is 2.60 bits per heavy atom. The SMILES string of the molecule is CC1(C)C(O)CCC2(C)C1CC(=O)CC21C=CC(=O)O1. The van der Waals surface area contributed by atoms with E-state index in [4.69, 9.17) is 4.74 Å². The third-order valence-corrected chi connectivity index (χ3v) is 6.09. The lowest BCUT2D eigenvalue weighted by Gasteiger charge is -2.60. The topological polar surface area (TPSA) is 63.6 Å². The molecule has 0 radical (unpaired) electrons. The Hall–Kier alpha value is -1.16. The summed E-state index contributed by atoms with van der Waals surface area (Å²) in [4.78, 5) is 23.8. The summed E-state index contributed by atoms with van der Waals surface area (Å²) in [5.74, 6) is -0.215. The number of aliphatic hydroxyl groups excluding tert-OH is 1. The fourth-order valence-electron chi connectivity index (χ4n) is 4.68. The van der Waals surface area contributed by atoms with Crippen molar-refractivity contribution in [1.82, 2.24) is 0 Å². The first kappa shape index (κ1) is 13.8. The molecule has 20 heavy (non-hydrogen) atoms. The number of ether oxygens (including phenoxy) is 1. The van der Waals surface area contributed by atoms with Crippen LogP contribution in [0.3, 0.4) is 0 Å². The highest BCUT2D eigenvalue weighted by molar-refractivity contribution is 5.89. The van der Waals surface area contributed by atoms with Gasteiger partial charge in [0.1, 0.15) is 11.4 Å². The number of hydrogen-bond acceptors (Lipinski definition) is 4. The minimum absolute atomic E-state index is 0.0237. The highest BCUT2D eigenvalue weighted by Gasteiger charge is 2.65. The summed E-state index contributed by atoms with van der Waals surface area (Å²) in [5.41, 5.74) is -1.44. The summed E-state index contributed by atoms with van der Waals surface area (Å²) in [6, 6.07) is 0. The van der Waals surface area contributed by atoms with Crippen LogP contribution in [0.1, 0.15) is 46.5 Å². The molecule has 4 atom stereocenters. The summed E-state index contributed by atoms with van der Waals surface area (Å²) in [7, 11) is 0. The van der Waals surface area contributed by atoms with E-state index in [9.17, 15) is 14.7 Å². The molecule has 0 amide bonds. The highest BCUT2D eigenvalue weighted by atomic mass is 16.6. The Morgan fingerprint density at radius 1 is 1.30 bits per heavy atom. The summed E-state index contributed by atoms with van der Waals surface area (Å²) in [6.45, 7) is 6.15. The first-order chi connectivity index (χ1) is 9.21. The lowest BCUT2D eigenvalue weighted by atomic mass is 9.46. The maximum atomic E-state index is 12.2. The molecule has 2 aliphatic carbocycles. The number of rotatable bonds is 0. The lowest BCUT2D eigenvalue weighted by molar-refractivity contribution is -0.202. The van der Waals surface area contributed by atoms with E-state index in [0.717, 1.165) is 6.42 Å². The molecule has 0 aromatic rings. The number of fused-ring (bicyclic) bond motifs is 2. The smallest absolute Gasteiger partial charge is 0.331 e. The van der Waals surface area contributed by atoms with Crippen molar-refractivity contribution < 1.29 is 19.4 Å². The van der Waals surface area contributed by atoms with Crippen molar-refractivity contribution in [3.05, 3.63) is 12.2 Å². The van der Waals surface area contributed by atoms with Crippen LogP contribution in [0.15, 0.2) is 12.2 Å². The molecule has 4 heteroatoms. The number of carbonyl (C=O) groups excluding carboxylic acids is 2. The maximum Gasteiger partial charge on any atom is 0.331 e. The first-order valence-electron chi connectivity index (χ1n) is 7.33. The van der Waals surface area contributed by atoms with Crippen LogP contribution in [0.2, 0.25) is 0 Å². The molecule has 4 unspecified atom stereocenters. The molecule has 110 valence electrons. The standard InChI is InChI=1S/C16H22O4/c1-14(2)11-8-10(17)9-16(7-5-13(19)20-16)15(11,3)6-4-12(14)18/h5,7,11-12,18H,4,6,8-9H2,1-3H3. The van der Waals surface area contributed by atoms with Crippen molar-refractivity contribution in [2.75, 3.05) is 0 Å². The van der Waals surface area contributed by atoms with Crippen molar-refractivity contribution in [3.8, 4) is 0 Å². The molecule has 0 aromatic carbocycles. The first-order valence-corrected chi connectivity index (χ1v) is 7.33. The maximum absolute atomic E-state index is 12.2. The largest absolute Gasteiger partial charge is 0.451 e. The van der Waals surface area contributed by atoms with Crippen LogP contribution >= 0.6 is 0 Å². The van der Waals surface area contributed by atoms with E-state index >= 15 is 0 Å². The molecule has 0 bridgehead atoms. The van der Waals surface area contributed by atoms with Gasteiger partial charge in [0.05, 0.1) is 12.5 Å². The molecule has 1 spiro atoms. The van der Waals surface area contributed by atoms with Crippen molar-refractivity contribution in [2.45, 2.75) is 58.2 Å². The molecular weight excluding hydrogens is 256 g/mol. The summed E-state index contributed by atoms with van der Waals surface area (Å²) < 4.78 is 5.61. The molecule has 2 fully saturated rings. The molecule has 2 saturated carbocycles. The van der Waals surface area contributed by atoms with Gasteiger partial charge in [0, 0.05) is 17.9 Å². The molecule has 1 N–H and O–H groups in total. The van der Waals surface area contributed by atoms with E-state index < -0.39 is 11.7 Å². The number of esters is 1. The number of aliphatic hydroxyl groups is 1. The highest BCUT2D eigenvalue weighted by Crippen LogP contribution is 2.62. The summed E-state index contributed by atoms with van der Waals surface area (Å²) >= 11 is 0. The van der Waals surface area contributed by atoms with Gasteiger partial charge in [-0.3, -0.25) is 4.79 Å². The molecule has 3 rings (SSSR count). The number of carbonyl (C=O) groups is 2. The van der Waals surface area contributed by atoms with Crippen LogP contribution in [0.25, 0.3) is 0 Å². The van der Waals surface area contributed by atoms with Crippen molar-refractivity contribution in [1.29, 1.82) is 0 Å². The van der Waals surface area contributed by atoms with Gasteiger partial charge in [-0.05, 0) is 30.3 Å². The van der Waals surface area contributed by atoms with E-state index in [0.29, 0.717) is 12.8 Å². The van der Waals surface area contributed by atoms with Crippen molar-refractivity contribution in [3.63, 3.8) is 0 Å². The minimum atomic E-state index is -0.804. The molecular formula is C16H22O4. The fourth-order valence-corrected chi connectivity index (χ4v) is 4.68. The second kappa shape index (κ2) is 3.94. The van der Waals surface area contributed by atoms with E-state index in [-0.39, 0.29) is 34.9 Å². The Labute approximate surface area is 119 Å². The fraction of sp³-hybridized carbons (Fsp3) is 0.750. The van der Waals surface area contributed by atoms with Gasteiger partial charge in [0.25, 0.3) is 0 Å². The second-order valence-electron chi connectivity index (χ2n) is 7.41. The van der Waals surface area contributed by atoms with E-state index in [2.05, 4.69) is 6.92 Å². The molecule has 0 saturated heterocycles. The Morgan fingerprint density at radius 2 is 2.00 bits per heavy atom. The molecule has 1 heterocycles. The average Bonchev–Trinajstić information content (AvgIpc) is 2.72. The van der Waals surface area contributed by atoms with Crippen LogP contribution in [0.4, 0.5) is 0 Å². The molecule has 0 aromatic heterocycles. The normalized spacial score (nSPS) is 46.4. The van der Waals surface area contributed by atoms with Gasteiger partial charge in [-0.15, -0.1) is 0 Å². The van der Waals surface area contributed by atoms with E-state index in [1.165, 1.54) is 6.08 Å². The van der Waals surface area contributed by atoms with Crippen LogP contribution in [-0.2, 0) is 14.3 Å². The predicted molar refractivity (Wildman–Crippen MR) is 72.8 cm³/mol. The quantitative estimate of drug-likeness (QED) is 0.688. The minimum Gasteiger partial charge on any atom is -0.451 e. The third-order valence-electron chi connectivity index (χ3n) is 6.09. The van der Waals surface area contributed by atoms with Crippen LogP contribution in [0.5, 0.6) is 0 Å². The molecule has 3 aliphatic rings. The number of ketones is 1. The van der Waals surface area contributed by atoms with Crippen LogP contribution in [0, 0.1) is 16.7 Å². The van der Waals surface area contributed by atoms with E-state index in [1.807, 2.05) is 13.8 Å². The summed E-state index contributed by atoms with van der Waals surface area (Å²) in [6.07, 6.45) is 5.01. The van der Waals surface area contributed by atoms with Gasteiger partial charge >= 0.3 is 5.97 Å². The zero-order chi connectivity index (χ0) is 14.8. The molecule has 1 aliphatic heterocycles. The van der Waals surface area contributed by atoms with Gasteiger partial charge in [-0.25, -0.2) is 4.79 Å². The number of Topliss-reactive ketones (excluding diaryl/α,β-unsaturated/α-hetero) is 1. The van der Waals surface area contributed by atoms with Gasteiger partial charge < -0.3 is 9.84 Å². The third kappa shape index (κ3) is 1.57. The Balaban J connectivity index is 2.09. The van der Waals surface area contributed by atoms with Crippen molar-refractivity contribution >= 4 is 11.8 Å². The van der Waals surface area contributed by atoms with Gasteiger partial charge in [-0.1, -0.05) is 20.8 Å². The zero-order valence-electron chi connectivity index (χ0n) is 12.3. The molecule has 4 nitrogen and oxygen atoms in total. The lowest BCUT2D eigenvalue weighted by Crippen LogP contribution is -2.63. The van der Waals surface area contributed by atoms with Crippen LogP contribution < -0.4 is 0 Å². The van der Waals surface area contributed by atoms with Crippen molar-refractivity contribution in [2.24, 2.45) is 16.7 Å². The second-order valence-corrected chi connectivity index (χ2v) is 7.41. The average molecular weight is 278 g/mol. The van der Waals surface area contributed by atoms with Gasteiger partial charge in [-0.2, -0.15) is 0 Å². The zero-order valence-corrected chi connectivity index (χ0v) is 12.3. The Bertz CT molecular complexity index is 507. The predicted octanol–water partition coefficient (Wildman–Crippen LogP) is 2.00. The van der Waals surface area contributed by atoms with Gasteiger partial charge in [0.15, 0.2) is 0 Å². The Kier molecular flexibility index (Phi) is 2.72. The van der Waals surface area contributed by atoms with E-state index in [1.54, 1.807) is 6.08 Å². The number of hydrogen-bond donors (Lipinski definition) is 1. The van der Waals surface area contributed by atoms with Gasteiger partial charge in [0.2, 0.25) is 0 Å². The monoisotopic (exact) mass is 278 g/mol. The van der Waals surface area contributed by atoms with Crippen LogP contribution in [-0.4, -0.2) is 28.6 Å².